The van der Waals surface area contributed by atoms with Crippen LogP contribution in [0.15, 0.2) is 36.4 Å². The van der Waals surface area contributed by atoms with Gasteiger partial charge in [-0.1, -0.05) is 27.7 Å². The normalized spacial score (nSPS) is 11.1. The van der Waals surface area contributed by atoms with Gasteiger partial charge in [0.2, 0.25) is 0 Å². The first-order valence-electron chi connectivity index (χ1n) is 7.88. The van der Waals surface area contributed by atoms with E-state index in [2.05, 4.69) is 0 Å². The number of nitro benzene ring substituents is 1. The lowest BCUT2D eigenvalue weighted by Gasteiger charge is -2.17. The van der Waals surface area contributed by atoms with E-state index in [1.807, 2.05) is 27.7 Å². The van der Waals surface area contributed by atoms with Crippen molar-refractivity contribution in [1.82, 2.24) is 0 Å². The second kappa shape index (κ2) is 6.83. The molecular formula is C19H21NO4. The zero-order valence-corrected chi connectivity index (χ0v) is 14.2. The average molecular weight is 327 g/mol. The van der Waals surface area contributed by atoms with Crippen molar-refractivity contribution >= 4 is 11.5 Å². The molecule has 126 valence electrons. The molecule has 0 unspecified atom stereocenters. The summed E-state index contributed by atoms with van der Waals surface area (Å²) >= 11 is 0. The van der Waals surface area contributed by atoms with E-state index in [1.165, 1.54) is 24.3 Å². The number of aromatic hydroxyl groups is 1. The van der Waals surface area contributed by atoms with Crippen LogP contribution in [0.5, 0.6) is 5.75 Å². The molecule has 0 spiro atoms. The monoisotopic (exact) mass is 327 g/mol. The number of hydrogen-bond acceptors (Lipinski definition) is 4. The Kier molecular flexibility index (Phi) is 5.02. The minimum atomic E-state index is -0.497. The number of non-ortho nitro benzene ring substituents is 1. The molecule has 0 aromatic heterocycles. The van der Waals surface area contributed by atoms with E-state index in [0.717, 1.165) is 11.1 Å². The van der Waals surface area contributed by atoms with Crippen LogP contribution < -0.4 is 0 Å². The van der Waals surface area contributed by atoms with Crippen molar-refractivity contribution in [1.29, 1.82) is 0 Å². The van der Waals surface area contributed by atoms with Crippen LogP contribution in [0.4, 0.5) is 5.69 Å². The number of hydrogen-bond donors (Lipinski definition) is 1. The maximum Gasteiger partial charge on any atom is 0.269 e. The zero-order valence-electron chi connectivity index (χ0n) is 14.2. The summed E-state index contributed by atoms with van der Waals surface area (Å²) in [7, 11) is 0. The van der Waals surface area contributed by atoms with E-state index in [0.29, 0.717) is 11.1 Å². The Morgan fingerprint density at radius 1 is 0.958 bits per heavy atom. The molecule has 1 N–H and O–H groups in total. The third-order valence-electron chi connectivity index (χ3n) is 4.02. The van der Waals surface area contributed by atoms with Gasteiger partial charge in [-0.25, -0.2) is 0 Å². The number of carbonyl (C=O) groups is 1. The van der Waals surface area contributed by atoms with Gasteiger partial charge in [0.1, 0.15) is 5.75 Å². The van der Waals surface area contributed by atoms with Gasteiger partial charge in [0.05, 0.1) is 4.92 Å². The maximum atomic E-state index is 12.7. The summed E-state index contributed by atoms with van der Waals surface area (Å²) in [6.45, 7) is 7.83. The van der Waals surface area contributed by atoms with E-state index in [-0.39, 0.29) is 29.1 Å². The van der Waals surface area contributed by atoms with Crippen LogP contribution in [0.2, 0.25) is 0 Å². The van der Waals surface area contributed by atoms with E-state index in [4.69, 9.17) is 0 Å². The van der Waals surface area contributed by atoms with Gasteiger partial charge < -0.3 is 5.11 Å². The number of rotatable bonds is 5. The molecule has 0 saturated carbocycles. The quantitative estimate of drug-likeness (QED) is 0.487. The van der Waals surface area contributed by atoms with Crippen LogP contribution >= 0.6 is 0 Å². The van der Waals surface area contributed by atoms with Gasteiger partial charge in [-0.2, -0.15) is 0 Å². The smallest absolute Gasteiger partial charge is 0.269 e. The molecule has 5 heteroatoms. The van der Waals surface area contributed by atoms with E-state index in [9.17, 15) is 20.0 Å². The fourth-order valence-electron chi connectivity index (χ4n) is 2.59. The minimum Gasteiger partial charge on any atom is -0.507 e. The number of phenols is 1. The van der Waals surface area contributed by atoms with Crippen molar-refractivity contribution in [3.63, 3.8) is 0 Å². The van der Waals surface area contributed by atoms with E-state index < -0.39 is 4.92 Å². The minimum absolute atomic E-state index is 0.0528. The molecule has 2 rings (SSSR count). The predicted molar refractivity (Wildman–Crippen MR) is 92.8 cm³/mol. The molecule has 0 fully saturated rings. The van der Waals surface area contributed by atoms with E-state index >= 15 is 0 Å². The Morgan fingerprint density at radius 2 is 1.42 bits per heavy atom. The zero-order chi connectivity index (χ0) is 18.0. The van der Waals surface area contributed by atoms with Crippen LogP contribution in [0.3, 0.4) is 0 Å². The van der Waals surface area contributed by atoms with Gasteiger partial charge in [0.15, 0.2) is 5.78 Å². The Morgan fingerprint density at radius 3 is 1.79 bits per heavy atom. The second-order valence-electron chi connectivity index (χ2n) is 6.45. The van der Waals surface area contributed by atoms with Gasteiger partial charge >= 0.3 is 0 Å². The topological polar surface area (TPSA) is 80.4 Å². The first kappa shape index (κ1) is 17.7. The molecular weight excluding hydrogens is 306 g/mol. The molecule has 5 nitrogen and oxygen atoms in total. The summed E-state index contributed by atoms with van der Waals surface area (Å²) in [6, 6.07) is 8.96. The molecule has 2 aromatic rings. The van der Waals surface area contributed by atoms with Gasteiger partial charge in [-0.15, -0.1) is 0 Å². The fraction of sp³-hybridized carbons (Fsp3) is 0.316. The highest BCUT2D eigenvalue weighted by Gasteiger charge is 2.19. The largest absolute Gasteiger partial charge is 0.507 e. The van der Waals surface area contributed by atoms with Crippen molar-refractivity contribution < 1.29 is 14.8 Å². The second-order valence-corrected chi connectivity index (χ2v) is 6.45. The molecule has 0 aliphatic rings. The lowest BCUT2D eigenvalue weighted by Crippen LogP contribution is -2.06. The van der Waals surface area contributed by atoms with Crippen LogP contribution in [0.25, 0.3) is 0 Å². The summed E-state index contributed by atoms with van der Waals surface area (Å²) in [5, 5.41) is 21.1. The standard InChI is InChI=1S/C19H21NO4/c1-11(2)16-9-14(10-17(12(3)4)19(16)22)18(21)13-5-7-15(8-6-13)20(23)24/h5-12,22H,1-4H3. The molecule has 0 heterocycles. The number of carbonyl (C=O) groups excluding carboxylic acids is 1. The highest BCUT2D eigenvalue weighted by Crippen LogP contribution is 2.35. The van der Waals surface area contributed by atoms with Crippen LogP contribution in [0.1, 0.15) is 66.6 Å². The van der Waals surface area contributed by atoms with Gasteiger partial charge in [0.25, 0.3) is 5.69 Å². The molecule has 0 saturated heterocycles. The number of nitro groups is 1. The van der Waals surface area contributed by atoms with Crippen molar-refractivity contribution in [3.8, 4) is 5.75 Å². The highest BCUT2D eigenvalue weighted by atomic mass is 16.6. The van der Waals surface area contributed by atoms with Crippen molar-refractivity contribution in [2.24, 2.45) is 0 Å². The van der Waals surface area contributed by atoms with E-state index in [1.54, 1.807) is 12.1 Å². The Bertz CT molecular complexity index is 747. The lowest BCUT2D eigenvalue weighted by atomic mass is 9.89. The summed E-state index contributed by atoms with van der Waals surface area (Å²) in [5.41, 5.74) is 2.27. The van der Waals surface area contributed by atoms with Crippen LogP contribution in [-0.4, -0.2) is 15.8 Å². The highest BCUT2D eigenvalue weighted by molar-refractivity contribution is 6.09. The van der Waals surface area contributed by atoms with Gasteiger partial charge in [-0.3, -0.25) is 14.9 Å². The van der Waals surface area contributed by atoms with Gasteiger partial charge in [0, 0.05) is 23.3 Å². The Hall–Kier alpha value is -2.69. The summed E-state index contributed by atoms with van der Waals surface area (Å²) in [5.74, 6) is 0.174. The molecule has 0 aliphatic heterocycles. The number of ketones is 1. The third-order valence-corrected chi connectivity index (χ3v) is 4.02. The van der Waals surface area contributed by atoms with Gasteiger partial charge in [-0.05, 0) is 47.2 Å². The third kappa shape index (κ3) is 3.45. The summed E-state index contributed by atoms with van der Waals surface area (Å²) in [4.78, 5) is 23.0. The Balaban J connectivity index is 2.50. The van der Waals surface area contributed by atoms with Crippen LogP contribution in [-0.2, 0) is 0 Å². The molecule has 2 aromatic carbocycles. The summed E-state index contributed by atoms with van der Waals surface area (Å²) < 4.78 is 0. The molecule has 24 heavy (non-hydrogen) atoms. The molecule has 0 radical (unpaired) electrons. The van der Waals surface area contributed by atoms with Crippen molar-refractivity contribution in [2.45, 2.75) is 39.5 Å². The van der Waals surface area contributed by atoms with Crippen LogP contribution in [0, 0.1) is 10.1 Å². The predicted octanol–water partition coefficient (Wildman–Crippen LogP) is 4.78. The first-order chi connectivity index (χ1) is 11.2. The lowest BCUT2D eigenvalue weighted by molar-refractivity contribution is -0.384. The Labute approximate surface area is 141 Å². The molecule has 0 atom stereocenters. The first-order valence-corrected chi connectivity index (χ1v) is 7.88. The number of benzene rings is 2. The van der Waals surface area contributed by atoms with Crippen molar-refractivity contribution in [2.75, 3.05) is 0 Å². The molecule has 0 bridgehead atoms. The number of nitrogens with zero attached hydrogens (tertiary/aromatic N) is 1. The summed E-state index contributed by atoms with van der Waals surface area (Å²) in [6.07, 6.45) is 0. The average Bonchev–Trinajstić information content (AvgIpc) is 2.53. The molecule has 0 amide bonds. The van der Waals surface area contributed by atoms with Crippen molar-refractivity contribution in [3.05, 3.63) is 68.8 Å². The fourth-order valence-corrected chi connectivity index (χ4v) is 2.59. The number of phenolic OH excluding ortho intramolecular Hbond substituents is 1. The molecule has 0 aliphatic carbocycles. The maximum absolute atomic E-state index is 12.7. The SMILES string of the molecule is CC(C)c1cc(C(=O)c2ccc([N+](=O)[O-])cc2)cc(C(C)C)c1O.